The van der Waals surface area contributed by atoms with Gasteiger partial charge in [0.25, 0.3) is 0 Å². The van der Waals surface area contributed by atoms with Crippen LogP contribution in [0.5, 0.6) is 0 Å². The molecule has 2 N–H and O–H groups in total. The van der Waals surface area contributed by atoms with Crippen molar-refractivity contribution >= 4 is 39.5 Å². The van der Waals surface area contributed by atoms with Crippen molar-refractivity contribution in [1.29, 1.82) is 0 Å². The highest BCUT2D eigenvalue weighted by Crippen LogP contribution is 2.20. The molecule has 0 radical (unpaired) electrons. The predicted octanol–water partition coefficient (Wildman–Crippen LogP) is 3.07. The van der Waals surface area contributed by atoms with Gasteiger partial charge in [-0.2, -0.15) is 0 Å². The average molecular weight is 382 g/mol. The Bertz CT molecular complexity index is 650. The zero-order valence-electron chi connectivity index (χ0n) is 12.1. The standard InChI is InChI=1S/C15H16BrN3O2S/c1-2-21-13(20)9-22-15-18-8-11(14(17)19-15)7-10-3-5-12(16)6-4-10/h3-6,8H,2,7,9H2,1H3,(H2,17,18,19). The first kappa shape index (κ1) is 16.8. The van der Waals surface area contributed by atoms with Gasteiger partial charge in [-0.15, -0.1) is 0 Å². The predicted molar refractivity (Wildman–Crippen MR) is 90.7 cm³/mol. The van der Waals surface area contributed by atoms with Crippen molar-refractivity contribution in [3.05, 3.63) is 46.1 Å². The van der Waals surface area contributed by atoms with E-state index in [1.165, 1.54) is 11.8 Å². The van der Waals surface area contributed by atoms with Gasteiger partial charge in [0.2, 0.25) is 0 Å². The van der Waals surface area contributed by atoms with Gasteiger partial charge < -0.3 is 10.5 Å². The van der Waals surface area contributed by atoms with Gasteiger partial charge in [0.05, 0.1) is 12.4 Å². The van der Waals surface area contributed by atoms with Gasteiger partial charge >= 0.3 is 5.97 Å². The van der Waals surface area contributed by atoms with Crippen LogP contribution in [-0.4, -0.2) is 28.3 Å². The van der Waals surface area contributed by atoms with Crippen LogP contribution in [0.3, 0.4) is 0 Å². The van der Waals surface area contributed by atoms with Gasteiger partial charge in [-0.3, -0.25) is 4.79 Å². The van der Waals surface area contributed by atoms with E-state index in [2.05, 4.69) is 25.9 Å². The summed E-state index contributed by atoms with van der Waals surface area (Å²) in [6.45, 7) is 2.14. The summed E-state index contributed by atoms with van der Waals surface area (Å²) in [5.74, 6) is 0.331. The molecule has 2 rings (SSSR count). The highest BCUT2D eigenvalue weighted by molar-refractivity contribution is 9.10. The number of ether oxygens (including phenoxy) is 1. The maximum absolute atomic E-state index is 11.3. The third-order valence-electron chi connectivity index (χ3n) is 2.81. The van der Waals surface area contributed by atoms with Crippen molar-refractivity contribution in [2.45, 2.75) is 18.5 Å². The lowest BCUT2D eigenvalue weighted by atomic mass is 10.1. The molecule has 116 valence electrons. The molecule has 1 aromatic heterocycles. The maximum atomic E-state index is 11.3. The summed E-state index contributed by atoms with van der Waals surface area (Å²) in [6, 6.07) is 8.01. The molecule has 1 aromatic carbocycles. The zero-order chi connectivity index (χ0) is 15.9. The number of anilines is 1. The van der Waals surface area contributed by atoms with Crippen LogP contribution in [0.4, 0.5) is 5.82 Å². The summed E-state index contributed by atoms with van der Waals surface area (Å²) in [5.41, 5.74) is 7.97. The van der Waals surface area contributed by atoms with Gasteiger partial charge in [-0.05, 0) is 24.6 Å². The Balaban J connectivity index is 2.00. The largest absolute Gasteiger partial charge is 0.465 e. The number of nitrogen functional groups attached to an aromatic ring is 1. The molecule has 0 saturated carbocycles. The Labute approximate surface area is 141 Å². The number of carbonyl (C=O) groups is 1. The number of hydrogen-bond acceptors (Lipinski definition) is 6. The summed E-state index contributed by atoms with van der Waals surface area (Å²) in [4.78, 5) is 19.8. The highest BCUT2D eigenvalue weighted by atomic mass is 79.9. The Morgan fingerprint density at radius 1 is 1.36 bits per heavy atom. The Hall–Kier alpha value is -1.60. The fourth-order valence-corrected chi connectivity index (χ4v) is 2.64. The van der Waals surface area contributed by atoms with Gasteiger partial charge in [0, 0.05) is 22.7 Å². The molecule has 22 heavy (non-hydrogen) atoms. The van der Waals surface area contributed by atoms with E-state index in [1.54, 1.807) is 13.1 Å². The number of nitrogens with two attached hydrogens (primary N) is 1. The molecule has 0 saturated heterocycles. The summed E-state index contributed by atoms with van der Waals surface area (Å²) in [5, 5.41) is 0.477. The number of thioether (sulfide) groups is 1. The molecular weight excluding hydrogens is 366 g/mol. The van der Waals surface area contributed by atoms with Crippen molar-refractivity contribution in [1.82, 2.24) is 9.97 Å². The lowest BCUT2D eigenvalue weighted by Gasteiger charge is -2.07. The van der Waals surface area contributed by atoms with Crippen LogP contribution in [0.1, 0.15) is 18.1 Å². The fourth-order valence-electron chi connectivity index (χ4n) is 1.76. The summed E-state index contributed by atoms with van der Waals surface area (Å²) < 4.78 is 5.89. The molecule has 1 heterocycles. The second kappa shape index (κ2) is 8.14. The minimum absolute atomic E-state index is 0.180. The van der Waals surface area contributed by atoms with Crippen molar-refractivity contribution in [2.24, 2.45) is 0 Å². The monoisotopic (exact) mass is 381 g/mol. The molecule has 0 atom stereocenters. The van der Waals surface area contributed by atoms with E-state index >= 15 is 0 Å². The summed E-state index contributed by atoms with van der Waals surface area (Å²) in [7, 11) is 0. The van der Waals surface area contributed by atoms with Crippen LogP contribution in [0.25, 0.3) is 0 Å². The Kier molecular flexibility index (Phi) is 6.21. The van der Waals surface area contributed by atoms with Crippen LogP contribution < -0.4 is 5.73 Å². The number of esters is 1. The molecule has 0 aliphatic rings. The first-order valence-electron chi connectivity index (χ1n) is 6.72. The number of carbonyl (C=O) groups excluding carboxylic acids is 1. The van der Waals surface area contributed by atoms with E-state index in [9.17, 15) is 4.79 Å². The second-order valence-corrected chi connectivity index (χ2v) is 6.32. The normalized spacial score (nSPS) is 10.5. The first-order chi connectivity index (χ1) is 10.6. The average Bonchev–Trinajstić information content (AvgIpc) is 2.50. The van der Waals surface area contributed by atoms with E-state index in [1.807, 2.05) is 24.3 Å². The molecule has 0 aliphatic carbocycles. The minimum Gasteiger partial charge on any atom is -0.465 e. The van der Waals surface area contributed by atoms with E-state index in [0.717, 1.165) is 15.6 Å². The van der Waals surface area contributed by atoms with Crippen LogP contribution in [0, 0.1) is 0 Å². The number of rotatable bonds is 6. The van der Waals surface area contributed by atoms with Crippen LogP contribution in [0.2, 0.25) is 0 Å². The SMILES string of the molecule is CCOC(=O)CSc1ncc(Cc2ccc(Br)cc2)c(N)n1. The topological polar surface area (TPSA) is 78.1 Å². The number of benzene rings is 1. The smallest absolute Gasteiger partial charge is 0.316 e. The fraction of sp³-hybridized carbons (Fsp3) is 0.267. The number of aromatic nitrogens is 2. The van der Waals surface area contributed by atoms with Gasteiger partial charge in [-0.1, -0.05) is 39.8 Å². The molecule has 0 amide bonds. The van der Waals surface area contributed by atoms with Crippen molar-refractivity contribution in [3.8, 4) is 0 Å². The molecule has 0 aliphatic heterocycles. The zero-order valence-corrected chi connectivity index (χ0v) is 14.5. The molecular formula is C15H16BrN3O2S. The van der Waals surface area contributed by atoms with Gasteiger partial charge in [0.1, 0.15) is 5.82 Å². The lowest BCUT2D eigenvalue weighted by molar-refractivity contribution is -0.139. The molecule has 7 heteroatoms. The maximum Gasteiger partial charge on any atom is 0.316 e. The van der Waals surface area contributed by atoms with E-state index < -0.39 is 0 Å². The van der Waals surface area contributed by atoms with Gasteiger partial charge in [-0.25, -0.2) is 9.97 Å². The number of hydrogen-bond donors (Lipinski definition) is 1. The van der Waals surface area contributed by atoms with Crippen molar-refractivity contribution in [3.63, 3.8) is 0 Å². The molecule has 0 fully saturated rings. The van der Waals surface area contributed by atoms with Crippen LogP contribution in [-0.2, 0) is 16.0 Å². The quantitative estimate of drug-likeness (QED) is 0.470. The third-order valence-corrected chi connectivity index (χ3v) is 4.17. The summed E-state index contributed by atoms with van der Waals surface area (Å²) >= 11 is 4.62. The molecule has 5 nitrogen and oxygen atoms in total. The first-order valence-corrected chi connectivity index (χ1v) is 8.50. The number of halogens is 1. The molecule has 0 bridgehead atoms. The van der Waals surface area contributed by atoms with Crippen molar-refractivity contribution in [2.75, 3.05) is 18.1 Å². The van der Waals surface area contributed by atoms with E-state index in [4.69, 9.17) is 10.5 Å². The molecule has 0 spiro atoms. The molecule has 0 unspecified atom stereocenters. The minimum atomic E-state index is -0.284. The molecule has 2 aromatic rings. The lowest BCUT2D eigenvalue weighted by Crippen LogP contribution is -2.08. The van der Waals surface area contributed by atoms with E-state index in [-0.39, 0.29) is 11.7 Å². The number of nitrogens with zero attached hydrogens (tertiary/aromatic N) is 2. The third kappa shape index (κ3) is 4.99. The van der Waals surface area contributed by atoms with Gasteiger partial charge in [0.15, 0.2) is 5.16 Å². The second-order valence-electron chi connectivity index (χ2n) is 4.46. The summed E-state index contributed by atoms with van der Waals surface area (Å²) in [6.07, 6.45) is 2.37. The van der Waals surface area contributed by atoms with Crippen LogP contribution in [0.15, 0.2) is 40.1 Å². The Morgan fingerprint density at radius 2 is 2.09 bits per heavy atom. The van der Waals surface area contributed by atoms with E-state index in [0.29, 0.717) is 24.0 Å². The highest BCUT2D eigenvalue weighted by Gasteiger charge is 2.09. The van der Waals surface area contributed by atoms with Crippen molar-refractivity contribution < 1.29 is 9.53 Å². The Morgan fingerprint density at radius 3 is 2.73 bits per heavy atom. The van der Waals surface area contributed by atoms with Crippen LogP contribution >= 0.6 is 27.7 Å².